The van der Waals surface area contributed by atoms with Gasteiger partial charge in [0.15, 0.2) is 5.82 Å². The molecule has 1 aliphatic heterocycles. The minimum absolute atomic E-state index is 0.0905. The van der Waals surface area contributed by atoms with E-state index >= 15 is 4.39 Å². The summed E-state index contributed by atoms with van der Waals surface area (Å²) in [6, 6.07) is 0.577. The van der Waals surface area contributed by atoms with Crippen molar-refractivity contribution in [2.45, 2.75) is 38.3 Å². The van der Waals surface area contributed by atoms with Crippen LogP contribution < -0.4 is 15.6 Å². The highest BCUT2D eigenvalue weighted by Gasteiger charge is 2.33. The quantitative estimate of drug-likeness (QED) is 0.600. The van der Waals surface area contributed by atoms with Gasteiger partial charge in [-0.1, -0.05) is 0 Å². The lowest BCUT2D eigenvalue weighted by molar-refractivity contribution is -0.131. The van der Waals surface area contributed by atoms with Crippen molar-refractivity contribution in [2.75, 3.05) is 18.0 Å². The third-order valence-electron chi connectivity index (χ3n) is 5.63. The van der Waals surface area contributed by atoms with Crippen LogP contribution in [0, 0.1) is 11.6 Å². The van der Waals surface area contributed by atoms with Crippen molar-refractivity contribution in [3.8, 4) is 0 Å². The molecule has 3 N–H and O–H groups in total. The summed E-state index contributed by atoms with van der Waals surface area (Å²) in [5.41, 5.74) is -1.36. The molecule has 1 saturated heterocycles. The SMILES string of the molecule is C/C(=C/C(=O)O)NC1CCN(c2c(F)cc3c(=O)c(C(=O)O)cn(C4CC4)c3c2F)C1. The zero-order valence-electron chi connectivity index (χ0n) is 16.7. The molecule has 4 rings (SSSR count). The van der Waals surface area contributed by atoms with Crippen molar-refractivity contribution in [3.63, 3.8) is 0 Å². The molecule has 1 atom stereocenters. The average Bonchev–Trinajstić information content (AvgIpc) is 3.42. The summed E-state index contributed by atoms with van der Waals surface area (Å²) in [7, 11) is 0. The number of aromatic nitrogens is 1. The maximum Gasteiger partial charge on any atom is 0.341 e. The van der Waals surface area contributed by atoms with Crippen LogP contribution in [0.15, 0.2) is 28.8 Å². The Kier molecular flexibility index (Phi) is 5.16. The summed E-state index contributed by atoms with van der Waals surface area (Å²) >= 11 is 0. The number of carbonyl (C=O) groups is 2. The summed E-state index contributed by atoms with van der Waals surface area (Å²) in [6.07, 6.45) is 4.13. The Balaban J connectivity index is 1.76. The predicted octanol–water partition coefficient (Wildman–Crippen LogP) is 2.47. The maximum atomic E-state index is 15.6. The second-order valence-corrected chi connectivity index (χ2v) is 7.97. The summed E-state index contributed by atoms with van der Waals surface area (Å²) < 4.78 is 32.0. The van der Waals surface area contributed by atoms with Gasteiger partial charge in [-0.05, 0) is 32.3 Å². The molecule has 0 amide bonds. The minimum atomic E-state index is -1.44. The molecule has 2 aromatic rings. The van der Waals surface area contributed by atoms with Crippen LogP contribution in [0.5, 0.6) is 0 Å². The standard InChI is InChI=1S/C21H21F2N3O5/c1-10(6-16(27)28)24-11-4-5-25(8-11)19-15(22)7-13-18(17(19)23)26(12-2-3-12)9-14(20(13)29)21(30)31/h6-7,9,11-12,24H,2-5,8H2,1H3,(H,27,28)(H,30,31)/b10-6-. The molecule has 8 nitrogen and oxygen atoms in total. The zero-order chi connectivity index (χ0) is 22.4. The number of benzene rings is 1. The van der Waals surface area contributed by atoms with E-state index in [1.165, 1.54) is 9.47 Å². The first-order chi connectivity index (χ1) is 14.7. The molecule has 1 aromatic heterocycles. The van der Waals surface area contributed by atoms with Crippen molar-refractivity contribution < 1.29 is 28.6 Å². The van der Waals surface area contributed by atoms with E-state index in [0.717, 1.165) is 18.3 Å². The van der Waals surface area contributed by atoms with E-state index in [1.807, 2.05) is 0 Å². The number of carboxylic acids is 2. The van der Waals surface area contributed by atoms with Crippen molar-refractivity contribution in [2.24, 2.45) is 0 Å². The number of carboxylic acid groups (broad SMARTS) is 2. The second kappa shape index (κ2) is 7.68. The smallest absolute Gasteiger partial charge is 0.341 e. The molecular formula is C21H21F2N3O5. The van der Waals surface area contributed by atoms with E-state index in [1.54, 1.807) is 6.92 Å². The summed E-state index contributed by atoms with van der Waals surface area (Å²) in [6.45, 7) is 2.17. The maximum absolute atomic E-state index is 15.6. The summed E-state index contributed by atoms with van der Waals surface area (Å²) in [5.74, 6) is -4.37. The van der Waals surface area contributed by atoms with Gasteiger partial charge >= 0.3 is 11.9 Å². The third-order valence-corrected chi connectivity index (χ3v) is 5.63. The van der Waals surface area contributed by atoms with Crippen LogP contribution in [0.4, 0.5) is 14.5 Å². The van der Waals surface area contributed by atoms with E-state index in [4.69, 9.17) is 5.11 Å². The number of hydrogen-bond acceptors (Lipinski definition) is 5. The first kappa shape index (κ1) is 20.8. The zero-order valence-corrected chi connectivity index (χ0v) is 16.7. The van der Waals surface area contributed by atoms with Gasteiger partial charge in [0.2, 0.25) is 5.43 Å². The second-order valence-electron chi connectivity index (χ2n) is 7.97. The summed E-state index contributed by atoms with van der Waals surface area (Å²) in [5, 5.41) is 20.9. The molecule has 10 heteroatoms. The Morgan fingerprint density at radius 3 is 2.55 bits per heavy atom. The first-order valence-corrected chi connectivity index (χ1v) is 9.90. The number of halogens is 2. The minimum Gasteiger partial charge on any atom is -0.478 e. The largest absolute Gasteiger partial charge is 0.478 e. The van der Waals surface area contributed by atoms with Gasteiger partial charge in [0.1, 0.15) is 17.1 Å². The van der Waals surface area contributed by atoms with Crippen LogP contribution in [0.25, 0.3) is 10.9 Å². The highest BCUT2D eigenvalue weighted by molar-refractivity contribution is 5.94. The van der Waals surface area contributed by atoms with Gasteiger partial charge < -0.3 is 25.0 Å². The number of nitrogens with one attached hydrogen (secondary N) is 1. The monoisotopic (exact) mass is 433 g/mol. The number of aliphatic carboxylic acids is 1. The fourth-order valence-corrected chi connectivity index (χ4v) is 4.14. The third kappa shape index (κ3) is 3.85. The number of fused-ring (bicyclic) bond motifs is 1. The van der Waals surface area contributed by atoms with Crippen molar-refractivity contribution in [1.29, 1.82) is 0 Å². The van der Waals surface area contributed by atoms with Gasteiger partial charge in [0, 0.05) is 43.1 Å². The molecule has 0 bridgehead atoms. The lowest BCUT2D eigenvalue weighted by Gasteiger charge is -2.23. The number of hydrogen-bond donors (Lipinski definition) is 3. The molecule has 164 valence electrons. The Labute approximate surface area is 175 Å². The lowest BCUT2D eigenvalue weighted by Crippen LogP contribution is -2.32. The van der Waals surface area contributed by atoms with Crippen LogP contribution in [0.2, 0.25) is 0 Å². The Hall–Kier alpha value is -3.43. The summed E-state index contributed by atoms with van der Waals surface area (Å²) in [4.78, 5) is 36.3. The van der Waals surface area contributed by atoms with Gasteiger partial charge in [-0.2, -0.15) is 0 Å². The van der Waals surface area contributed by atoms with Gasteiger partial charge in [0.05, 0.1) is 10.9 Å². The topological polar surface area (TPSA) is 112 Å². The average molecular weight is 433 g/mol. The lowest BCUT2D eigenvalue weighted by atomic mass is 10.1. The number of allylic oxidation sites excluding steroid dienone is 1. The number of nitrogens with zero attached hydrogens (tertiary/aromatic N) is 2. The van der Waals surface area contributed by atoms with Crippen LogP contribution in [0.1, 0.15) is 42.6 Å². The van der Waals surface area contributed by atoms with Crippen LogP contribution in [-0.2, 0) is 4.79 Å². The normalized spacial score (nSPS) is 19.1. The molecular weight excluding hydrogens is 412 g/mol. The van der Waals surface area contributed by atoms with E-state index < -0.39 is 34.6 Å². The van der Waals surface area contributed by atoms with Gasteiger partial charge in [0.25, 0.3) is 0 Å². The van der Waals surface area contributed by atoms with Crippen LogP contribution in [-0.4, -0.2) is 45.9 Å². The molecule has 0 radical (unpaired) electrons. The Bertz CT molecular complexity index is 1190. The van der Waals surface area contributed by atoms with E-state index in [-0.39, 0.29) is 35.2 Å². The van der Waals surface area contributed by atoms with Crippen molar-refractivity contribution in [1.82, 2.24) is 9.88 Å². The Morgan fingerprint density at radius 1 is 1.23 bits per heavy atom. The number of pyridine rings is 1. The van der Waals surface area contributed by atoms with Gasteiger partial charge in [-0.15, -0.1) is 0 Å². The molecule has 2 fully saturated rings. The number of rotatable bonds is 6. The van der Waals surface area contributed by atoms with E-state index in [2.05, 4.69) is 5.32 Å². The molecule has 0 spiro atoms. The van der Waals surface area contributed by atoms with E-state index in [0.29, 0.717) is 31.5 Å². The van der Waals surface area contributed by atoms with Crippen molar-refractivity contribution >= 4 is 28.5 Å². The van der Waals surface area contributed by atoms with Crippen LogP contribution >= 0.6 is 0 Å². The molecule has 1 unspecified atom stereocenters. The molecule has 2 aliphatic rings. The highest BCUT2D eigenvalue weighted by Crippen LogP contribution is 2.40. The highest BCUT2D eigenvalue weighted by atomic mass is 19.1. The Morgan fingerprint density at radius 2 is 1.94 bits per heavy atom. The molecule has 1 saturated carbocycles. The fraction of sp³-hybridized carbons (Fsp3) is 0.381. The predicted molar refractivity (Wildman–Crippen MR) is 109 cm³/mol. The fourth-order valence-electron chi connectivity index (χ4n) is 4.14. The van der Waals surface area contributed by atoms with Gasteiger partial charge in [-0.25, -0.2) is 18.4 Å². The van der Waals surface area contributed by atoms with Crippen molar-refractivity contribution in [3.05, 3.63) is 51.5 Å². The number of anilines is 1. The van der Waals surface area contributed by atoms with E-state index in [9.17, 15) is 23.9 Å². The molecule has 2 heterocycles. The van der Waals surface area contributed by atoms with Gasteiger partial charge in [-0.3, -0.25) is 4.79 Å². The number of aromatic carboxylic acids is 1. The molecule has 31 heavy (non-hydrogen) atoms. The van der Waals surface area contributed by atoms with Crippen LogP contribution in [0.3, 0.4) is 0 Å². The molecule has 1 aromatic carbocycles. The first-order valence-electron chi connectivity index (χ1n) is 9.90. The molecule has 1 aliphatic carbocycles.